The van der Waals surface area contributed by atoms with E-state index >= 15 is 0 Å². The van der Waals surface area contributed by atoms with Gasteiger partial charge in [0.25, 0.3) is 0 Å². The Morgan fingerprint density at radius 3 is 2.80 bits per heavy atom. The molecule has 0 aliphatic rings. The van der Waals surface area contributed by atoms with E-state index in [1.54, 1.807) is 6.20 Å². The van der Waals surface area contributed by atoms with E-state index in [1.807, 2.05) is 6.08 Å². The lowest BCUT2D eigenvalue weighted by Gasteiger charge is -1.79. The zero-order valence-electron chi connectivity index (χ0n) is 4.64. The predicted molar refractivity (Wildman–Crippen MR) is 53.0 cm³/mol. The Kier molecular flexibility index (Phi) is 3.36. The molecule has 10 heavy (non-hydrogen) atoms. The van der Waals surface area contributed by atoms with Gasteiger partial charge in [0.1, 0.15) is 9.34 Å². The Morgan fingerprint density at radius 1 is 1.70 bits per heavy atom. The van der Waals surface area contributed by atoms with Crippen LogP contribution in [0.5, 0.6) is 0 Å². The molecule has 0 radical (unpaired) electrons. The summed E-state index contributed by atoms with van der Waals surface area (Å²) in [4.78, 5) is 4.01. The van der Waals surface area contributed by atoms with E-state index in [1.165, 1.54) is 11.3 Å². The smallest absolute Gasteiger partial charge is 0.119 e. The second-order valence-electron chi connectivity index (χ2n) is 1.44. The van der Waals surface area contributed by atoms with Crippen molar-refractivity contribution < 1.29 is 0 Å². The minimum Gasteiger partial charge on any atom is -0.243 e. The SMILES string of the molecule is Clc1cnc(C=C(Br)Br)s1. The minimum absolute atomic E-state index is 0.701. The van der Waals surface area contributed by atoms with Crippen LogP contribution in [0.15, 0.2) is 9.59 Å². The molecule has 1 heterocycles. The Balaban J connectivity index is 2.86. The summed E-state index contributed by atoms with van der Waals surface area (Å²) in [5.74, 6) is 0. The van der Waals surface area contributed by atoms with Crippen molar-refractivity contribution in [2.75, 3.05) is 0 Å². The molecule has 1 aromatic heterocycles. The normalized spacial score (nSPS) is 9.50. The van der Waals surface area contributed by atoms with E-state index in [4.69, 9.17) is 11.6 Å². The highest BCUT2D eigenvalue weighted by Crippen LogP contribution is 2.23. The highest BCUT2D eigenvalue weighted by molar-refractivity contribution is 9.28. The Bertz CT molecular complexity index is 254. The van der Waals surface area contributed by atoms with Gasteiger partial charge in [0.2, 0.25) is 0 Å². The molecular weight excluding hydrogens is 301 g/mol. The largest absolute Gasteiger partial charge is 0.243 e. The number of rotatable bonds is 1. The van der Waals surface area contributed by atoms with Gasteiger partial charge in [-0.1, -0.05) is 11.6 Å². The maximum atomic E-state index is 5.64. The molecule has 1 rings (SSSR count). The summed E-state index contributed by atoms with van der Waals surface area (Å²) in [5, 5.41) is 0.883. The van der Waals surface area contributed by atoms with Crippen LogP contribution in [0.3, 0.4) is 0 Å². The summed E-state index contributed by atoms with van der Waals surface area (Å²) in [7, 11) is 0. The first-order chi connectivity index (χ1) is 4.68. The van der Waals surface area contributed by atoms with Gasteiger partial charge >= 0.3 is 0 Å². The molecule has 0 unspecified atom stereocenters. The molecule has 0 N–H and O–H groups in total. The molecule has 0 atom stereocenters. The number of hydrogen-bond donors (Lipinski definition) is 0. The first-order valence-corrected chi connectivity index (χ1v) is 5.10. The summed E-state index contributed by atoms with van der Waals surface area (Å²) in [6, 6.07) is 0. The lowest BCUT2D eigenvalue weighted by Crippen LogP contribution is -1.62. The molecular formula is C5H2Br2ClNS. The van der Waals surface area contributed by atoms with Gasteiger partial charge in [-0.3, -0.25) is 0 Å². The van der Waals surface area contributed by atoms with Crippen LogP contribution in [0.4, 0.5) is 0 Å². The van der Waals surface area contributed by atoms with Crippen molar-refractivity contribution in [3.05, 3.63) is 18.9 Å². The summed E-state index contributed by atoms with van der Waals surface area (Å²) in [5.41, 5.74) is 0. The molecule has 0 amide bonds. The first kappa shape index (κ1) is 8.71. The molecule has 54 valence electrons. The molecule has 1 nitrogen and oxygen atoms in total. The van der Waals surface area contributed by atoms with Crippen molar-refractivity contribution in [2.24, 2.45) is 0 Å². The topological polar surface area (TPSA) is 12.9 Å². The number of thiazole rings is 1. The second-order valence-corrected chi connectivity index (χ2v) is 5.90. The fraction of sp³-hybridized carbons (Fsp3) is 0. The van der Waals surface area contributed by atoms with Gasteiger partial charge in [-0.25, -0.2) is 4.98 Å². The minimum atomic E-state index is 0.701. The van der Waals surface area contributed by atoms with Crippen LogP contribution in [-0.2, 0) is 0 Å². The number of halogens is 3. The number of hydrogen-bond acceptors (Lipinski definition) is 2. The van der Waals surface area contributed by atoms with Crippen LogP contribution in [0.1, 0.15) is 5.01 Å². The van der Waals surface area contributed by atoms with E-state index in [-0.39, 0.29) is 0 Å². The van der Waals surface area contributed by atoms with Crippen molar-refractivity contribution >= 4 is 60.9 Å². The van der Waals surface area contributed by atoms with E-state index in [0.29, 0.717) is 4.34 Å². The van der Waals surface area contributed by atoms with Crippen molar-refractivity contribution in [3.63, 3.8) is 0 Å². The van der Waals surface area contributed by atoms with Gasteiger partial charge in [0.05, 0.1) is 9.59 Å². The van der Waals surface area contributed by atoms with Crippen molar-refractivity contribution in [2.45, 2.75) is 0 Å². The monoisotopic (exact) mass is 301 g/mol. The third-order valence-electron chi connectivity index (χ3n) is 0.728. The summed E-state index contributed by atoms with van der Waals surface area (Å²) < 4.78 is 1.57. The van der Waals surface area contributed by atoms with Crippen LogP contribution in [0.2, 0.25) is 4.34 Å². The van der Waals surface area contributed by atoms with Crippen molar-refractivity contribution in [1.82, 2.24) is 4.98 Å². The lowest BCUT2D eigenvalue weighted by atomic mass is 10.7. The summed E-state index contributed by atoms with van der Waals surface area (Å²) in [6.45, 7) is 0. The van der Waals surface area contributed by atoms with Gasteiger partial charge in [-0.15, -0.1) is 11.3 Å². The number of aromatic nitrogens is 1. The molecule has 0 saturated carbocycles. The summed E-state index contributed by atoms with van der Waals surface area (Å²) >= 11 is 13.5. The second kappa shape index (κ2) is 3.85. The highest BCUT2D eigenvalue weighted by Gasteiger charge is 1.95. The highest BCUT2D eigenvalue weighted by atomic mass is 79.9. The Hall–Kier alpha value is 0.620. The predicted octanol–water partition coefficient (Wildman–Crippen LogP) is 3.88. The third-order valence-corrected chi connectivity index (χ3v) is 2.25. The standard InChI is InChI=1S/C5H2Br2ClNS/c6-3(7)1-5-9-2-4(8)10-5/h1-2H. The Labute approximate surface area is 84.4 Å². The zero-order chi connectivity index (χ0) is 7.56. The van der Waals surface area contributed by atoms with E-state index in [2.05, 4.69) is 36.8 Å². The Morgan fingerprint density at radius 2 is 2.40 bits per heavy atom. The molecule has 0 bridgehead atoms. The van der Waals surface area contributed by atoms with Gasteiger partial charge in [-0.2, -0.15) is 0 Å². The molecule has 0 saturated heterocycles. The molecule has 0 spiro atoms. The molecule has 1 aromatic rings. The van der Waals surface area contributed by atoms with Crippen LogP contribution < -0.4 is 0 Å². The van der Waals surface area contributed by atoms with Crippen LogP contribution >= 0.6 is 54.8 Å². The fourth-order valence-corrected chi connectivity index (χ4v) is 2.04. The average molecular weight is 303 g/mol. The first-order valence-electron chi connectivity index (χ1n) is 2.32. The third kappa shape index (κ3) is 2.70. The van der Waals surface area contributed by atoms with Gasteiger partial charge < -0.3 is 0 Å². The van der Waals surface area contributed by atoms with Crippen molar-refractivity contribution in [3.8, 4) is 0 Å². The van der Waals surface area contributed by atoms with Gasteiger partial charge in [-0.05, 0) is 37.9 Å². The van der Waals surface area contributed by atoms with Gasteiger partial charge in [0.15, 0.2) is 0 Å². The maximum Gasteiger partial charge on any atom is 0.119 e. The molecule has 0 aliphatic heterocycles. The molecule has 0 fully saturated rings. The molecule has 0 aliphatic carbocycles. The van der Waals surface area contributed by atoms with Gasteiger partial charge in [0, 0.05) is 0 Å². The average Bonchev–Trinajstić information content (AvgIpc) is 2.13. The van der Waals surface area contributed by atoms with Crippen LogP contribution in [0, 0.1) is 0 Å². The zero-order valence-corrected chi connectivity index (χ0v) is 9.39. The van der Waals surface area contributed by atoms with E-state index < -0.39 is 0 Å². The van der Waals surface area contributed by atoms with Crippen LogP contribution in [-0.4, -0.2) is 4.98 Å². The maximum absolute atomic E-state index is 5.64. The molecule has 0 aromatic carbocycles. The van der Waals surface area contributed by atoms with E-state index in [0.717, 1.165) is 8.40 Å². The quantitative estimate of drug-likeness (QED) is 0.767. The lowest BCUT2D eigenvalue weighted by molar-refractivity contribution is 1.40. The van der Waals surface area contributed by atoms with Crippen molar-refractivity contribution in [1.29, 1.82) is 0 Å². The van der Waals surface area contributed by atoms with E-state index in [9.17, 15) is 0 Å². The fourth-order valence-electron chi connectivity index (χ4n) is 0.427. The number of nitrogens with zero attached hydrogens (tertiary/aromatic N) is 1. The van der Waals surface area contributed by atoms with Crippen LogP contribution in [0.25, 0.3) is 6.08 Å². The summed E-state index contributed by atoms with van der Waals surface area (Å²) in [6.07, 6.45) is 3.47. The molecule has 5 heteroatoms.